The highest BCUT2D eigenvalue weighted by Crippen LogP contribution is 2.27. The highest BCUT2D eigenvalue weighted by molar-refractivity contribution is 5.93. The van der Waals surface area contributed by atoms with Gasteiger partial charge in [0.25, 0.3) is 6.43 Å². The average molecular weight is 268 g/mol. The van der Waals surface area contributed by atoms with E-state index in [2.05, 4.69) is 4.98 Å². The Morgan fingerprint density at radius 1 is 1.26 bits per heavy atom. The van der Waals surface area contributed by atoms with E-state index in [4.69, 9.17) is 5.11 Å². The van der Waals surface area contributed by atoms with E-state index in [9.17, 15) is 13.9 Å². The van der Waals surface area contributed by atoms with Gasteiger partial charge in [-0.25, -0.2) is 13.8 Å². The van der Waals surface area contributed by atoms with E-state index in [0.29, 0.717) is 11.2 Å². The van der Waals surface area contributed by atoms with Crippen molar-refractivity contribution in [2.75, 3.05) is 24.6 Å². The molecule has 0 unspecified atom stereocenters. The molecule has 0 aliphatic rings. The van der Waals surface area contributed by atoms with Crippen molar-refractivity contribution in [3.05, 3.63) is 30.5 Å². The number of rotatable bonds is 5. The van der Waals surface area contributed by atoms with Crippen molar-refractivity contribution in [2.45, 2.75) is 6.43 Å². The molecule has 0 amide bonds. The van der Waals surface area contributed by atoms with Crippen LogP contribution in [0.15, 0.2) is 30.5 Å². The third-order valence-electron chi connectivity index (χ3n) is 2.76. The van der Waals surface area contributed by atoms with Crippen LogP contribution in [0.5, 0.6) is 5.75 Å². The van der Waals surface area contributed by atoms with Crippen molar-refractivity contribution in [1.29, 1.82) is 0 Å². The van der Waals surface area contributed by atoms with E-state index in [0.717, 1.165) is 5.39 Å². The first-order chi connectivity index (χ1) is 9.11. The number of aromatic hydroxyl groups is 1. The number of hydrogen-bond acceptors (Lipinski definition) is 4. The van der Waals surface area contributed by atoms with Gasteiger partial charge in [0.1, 0.15) is 11.6 Å². The van der Waals surface area contributed by atoms with Crippen LogP contribution in [-0.2, 0) is 0 Å². The summed E-state index contributed by atoms with van der Waals surface area (Å²) in [6, 6.07) is 6.43. The Morgan fingerprint density at radius 2 is 2.05 bits per heavy atom. The Balaban J connectivity index is 2.48. The van der Waals surface area contributed by atoms with Gasteiger partial charge in [-0.1, -0.05) is 6.07 Å². The number of hydrogen-bond donors (Lipinski definition) is 2. The van der Waals surface area contributed by atoms with E-state index < -0.39 is 13.0 Å². The van der Waals surface area contributed by atoms with Crippen LogP contribution in [-0.4, -0.2) is 41.3 Å². The number of phenolic OH excluding ortho intramolecular Hbond substituents is 1. The lowest BCUT2D eigenvalue weighted by Gasteiger charge is -2.23. The molecule has 6 heteroatoms. The van der Waals surface area contributed by atoms with Crippen LogP contribution in [0.3, 0.4) is 0 Å². The second-order valence-electron chi connectivity index (χ2n) is 4.10. The number of phenols is 1. The average Bonchev–Trinajstić information content (AvgIpc) is 2.37. The molecule has 2 aromatic rings. The highest BCUT2D eigenvalue weighted by atomic mass is 19.3. The summed E-state index contributed by atoms with van der Waals surface area (Å²) in [6.07, 6.45) is -1.01. The summed E-state index contributed by atoms with van der Waals surface area (Å²) >= 11 is 0. The van der Waals surface area contributed by atoms with Crippen molar-refractivity contribution in [3.8, 4) is 5.75 Å². The minimum Gasteiger partial charge on any atom is -0.508 e. The summed E-state index contributed by atoms with van der Waals surface area (Å²) < 4.78 is 25.1. The summed E-state index contributed by atoms with van der Waals surface area (Å²) in [4.78, 5) is 5.40. The molecule has 102 valence electrons. The van der Waals surface area contributed by atoms with Crippen LogP contribution in [0.4, 0.5) is 14.6 Å². The molecule has 2 rings (SSSR count). The van der Waals surface area contributed by atoms with Crippen molar-refractivity contribution in [2.24, 2.45) is 0 Å². The van der Waals surface area contributed by atoms with E-state index in [-0.39, 0.29) is 18.9 Å². The fraction of sp³-hybridized carbons (Fsp3) is 0.308. The van der Waals surface area contributed by atoms with Crippen LogP contribution < -0.4 is 4.90 Å². The summed E-state index contributed by atoms with van der Waals surface area (Å²) in [7, 11) is 0. The lowest BCUT2D eigenvalue weighted by atomic mass is 10.1. The molecule has 0 spiro atoms. The normalized spacial score (nSPS) is 11.2. The SMILES string of the molecule is OCCN(CC(F)F)c1nccc2ccc(O)cc12. The van der Waals surface area contributed by atoms with Crippen LogP contribution in [0, 0.1) is 0 Å². The summed E-state index contributed by atoms with van der Waals surface area (Å²) in [6.45, 7) is -0.696. The van der Waals surface area contributed by atoms with E-state index in [1.807, 2.05) is 0 Å². The molecule has 0 aliphatic carbocycles. The maximum absolute atomic E-state index is 12.6. The molecule has 0 aliphatic heterocycles. The van der Waals surface area contributed by atoms with E-state index in [1.165, 1.54) is 23.2 Å². The molecule has 0 atom stereocenters. The van der Waals surface area contributed by atoms with Gasteiger partial charge in [0.05, 0.1) is 13.2 Å². The Hall–Kier alpha value is -1.95. The molecular formula is C13H14F2N2O2. The number of aliphatic hydroxyl groups is 1. The third-order valence-corrected chi connectivity index (χ3v) is 2.76. The largest absolute Gasteiger partial charge is 0.508 e. The van der Waals surface area contributed by atoms with Gasteiger partial charge in [0.15, 0.2) is 0 Å². The number of nitrogens with zero attached hydrogens (tertiary/aromatic N) is 2. The van der Waals surface area contributed by atoms with Crippen LogP contribution in [0.2, 0.25) is 0 Å². The molecule has 1 aromatic carbocycles. The summed E-state index contributed by atoms with van der Waals surface area (Å²) in [5.41, 5.74) is 0. The van der Waals surface area contributed by atoms with E-state index >= 15 is 0 Å². The first kappa shape index (κ1) is 13.5. The Labute approximate surface area is 108 Å². The topological polar surface area (TPSA) is 56.6 Å². The van der Waals surface area contributed by atoms with Gasteiger partial charge in [0, 0.05) is 18.1 Å². The zero-order valence-electron chi connectivity index (χ0n) is 10.1. The maximum Gasteiger partial charge on any atom is 0.255 e. The minimum absolute atomic E-state index is 0.0442. The Morgan fingerprint density at radius 3 is 2.74 bits per heavy atom. The number of halogens is 2. The fourth-order valence-corrected chi connectivity index (χ4v) is 1.96. The molecule has 19 heavy (non-hydrogen) atoms. The molecule has 0 fully saturated rings. The standard InChI is InChI=1S/C13H14F2N2O2/c14-12(15)8-17(5-6-18)13-11-7-10(19)2-1-9(11)3-4-16-13/h1-4,7,12,18-19H,5-6,8H2. The number of aliphatic hydroxyl groups excluding tert-OH is 1. The van der Waals surface area contributed by atoms with Gasteiger partial charge in [-0.05, 0) is 23.6 Å². The number of anilines is 1. The molecule has 0 saturated heterocycles. The fourth-order valence-electron chi connectivity index (χ4n) is 1.96. The van der Waals surface area contributed by atoms with Crippen LogP contribution in [0.25, 0.3) is 10.8 Å². The van der Waals surface area contributed by atoms with Crippen LogP contribution in [0.1, 0.15) is 0 Å². The molecule has 1 aromatic heterocycles. The molecule has 2 N–H and O–H groups in total. The molecular weight excluding hydrogens is 254 g/mol. The predicted molar refractivity (Wildman–Crippen MR) is 68.7 cm³/mol. The zero-order valence-corrected chi connectivity index (χ0v) is 10.1. The number of alkyl halides is 2. The summed E-state index contributed by atoms with van der Waals surface area (Å²) in [5.74, 6) is 0.380. The van der Waals surface area contributed by atoms with Gasteiger partial charge >= 0.3 is 0 Å². The minimum atomic E-state index is -2.53. The van der Waals surface area contributed by atoms with Gasteiger partial charge in [-0.15, -0.1) is 0 Å². The number of aromatic nitrogens is 1. The van der Waals surface area contributed by atoms with Crippen LogP contribution >= 0.6 is 0 Å². The zero-order chi connectivity index (χ0) is 13.8. The lowest BCUT2D eigenvalue weighted by molar-refractivity contribution is 0.152. The first-order valence-electron chi connectivity index (χ1n) is 5.83. The first-order valence-corrected chi connectivity index (χ1v) is 5.83. The monoisotopic (exact) mass is 268 g/mol. The van der Waals surface area contributed by atoms with Gasteiger partial charge in [-0.3, -0.25) is 0 Å². The van der Waals surface area contributed by atoms with Crippen molar-refractivity contribution < 1.29 is 19.0 Å². The lowest BCUT2D eigenvalue weighted by Crippen LogP contribution is -2.32. The van der Waals surface area contributed by atoms with E-state index in [1.54, 1.807) is 12.1 Å². The van der Waals surface area contributed by atoms with Crippen molar-refractivity contribution >= 4 is 16.6 Å². The summed E-state index contributed by atoms with van der Waals surface area (Å²) in [5, 5.41) is 19.9. The Bertz CT molecular complexity index is 563. The highest BCUT2D eigenvalue weighted by Gasteiger charge is 2.16. The van der Waals surface area contributed by atoms with Gasteiger partial charge < -0.3 is 15.1 Å². The third kappa shape index (κ3) is 3.08. The second-order valence-corrected chi connectivity index (χ2v) is 4.10. The molecule has 4 nitrogen and oxygen atoms in total. The molecule has 1 heterocycles. The van der Waals surface area contributed by atoms with Gasteiger partial charge in [0.2, 0.25) is 0 Å². The quantitative estimate of drug-likeness (QED) is 0.871. The number of fused-ring (bicyclic) bond motifs is 1. The van der Waals surface area contributed by atoms with Crippen molar-refractivity contribution in [1.82, 2.24) is 4.98 Å². The Kier molecular flexibility index (Phi) is 4.11. The molecule has 0 saturated carbocycles. The maximum atomic E-state index is 12.6. The second kappa shape index (κ2) is 5.79. The smallest absolute Gasteiger partial charge is 0.255 e. The van der Waals surface area contributed by atoms with Gasteiger partial charge in [-0.2, -0.15) is 0 Å². The number of benzene rings is 1. The van der Waals surface area contributed by atoms with Crippen molar-refractivity contribution in [3.63, 3.8) is 0 Å². The molecule has 0 radical (unpaired) electrons. The predicted octanol–water partition coefficient (Wildman–Crippen LogP) is 2.00. The molecule has 0 bridgehead atoms. The number of pyridine rings is 1.